The number of carbonyl (C=O) groups excluding carboxylic acids is 1. The number of fused-ring (bicyclic) bond motifs is 1. The Bertz CT molecular complexity index is 941. The highest BCUT2D eigenvalue weighted by atomic mass is 16.1. The first-order valence-corrected chi connectivity index (χ1v) is 9.66. The zero-order chi connectivity index (χ0) is 18.9. The van der Waals surface area contributed by atoms with Gasteiger partial charge in [0.25, 0.3) is 5.91 Å². The minimum absolute atomic E-state index is 0.126. The van der Waals surface area contributed by atoms with Gasteiger partial charge in [0, 0.05) is 18.6 Å². The van der Waals surface area contributed by atoms with Gasteiger partial charge in [0.05, 0.1) is 6.20 Å². The highest BCUT2D eigenvalue weighted by Crippen LogP contribution is 2.27. The van der Waals surface area contributed by atoms with E-state index in [2.05, 4.69) is 60.2 Å². The molecule has 3 heterocycles. The summed E-state index contributed by atoms with van der Waals surface area (Å²) in [6.07, 6.45) is 7.22. The number of H-pyrrole nitrogens is 1. The first-order valence-electron chi connectivity index (χ1n) is 9.66. The standard InChI is InChI=1S/C19H22N8O/c28-19(17-10-20-23-18(17)27-12-21-24-25-27)22-15-6-3-7-26(11-15)16-8-13-4-1-2-5-14(13)9-16/h1-2,4-5,10,12,15-16H,3,6-9,11H2,(H,20,23)(H,22,28). The topological polar surface area (TPSA) is 105 Å². The van der Waals surface area contributed by atoms with Crippen LogP contribution in [0.3, 0.4) is 0 Å². The second kappa shape index (κ2) is 7.16. The average molecular weight is 378 g/mol. The van der Waals surface area contributed by atoms with Crippen LogP contribution in [-0.4, -0.2) is 66.4 Å². The molecule has 9 nitrogen and oxygen atoms in total. The molecule has 0 bridgehead atoms. The van der Waals surface area contributed by atoms with E-state index in [9.17, 15) is 4.79 Å². The smallest absolute Gasteiger partial charge is 0.257 e. The monoisotopic (exact) mass is 378 g/mol. The van der Waals surface area contributed by atoms with Crippen molar-refractivity contribution in [1.82, 2.24) is 40.6 Å². The average Bonchev–Trinajstić information content (AvgIpc) is 3.47. The van der Waals surface area contributed by atoms with Gasteiger partial charge in [-0.05, 0) is 53.8 Å². The predicted octanol–water partition coefficient (Wildman–Crippen LogP) is 0.747. The highest BCUT2D eigenvalue weighted by molar-refractivity contribution is 5.97. The lowest BCUT2D eigenvalue weighted by Gasteiger charge is -2.37. The van der Waals surface area contributed by atoms with Crippen molar-refractivity contribution in [2.45, 2.75) is 37.8 Å². The number of piperidine rings is 1. The Kier molecular flexibility index (Phi) is 4.36. The molecule has 1 amide bonds. The number of tetrazole rings is 1. The van der Waals surface area contributed by atoms with E-state index in [1.807, 2.05) is 0 Å². The molecule has 1 aliphatic heterocycles. The zero-order valence-corrected chi connectivity index (χ0v) is 15.5. The molecule has 0 saturated carbocycles. The molecular weight excluding hydrogens is 356 g/mol. The van der Waals surface area contributed by atoms with Crippen molar-refractivity contribution in [3.05, 3.63) is 53.5 Å². The summed E-state index contributed by atoms with van der Waals surface area (Å²) in [5.74, 6) is 0.321. The van der Waals surface area contributed by atoms with Gasteiger partial charge in [-0.1, -0.05) is 24.3 Å². The van der Waals surface area contributed by atoms with Gasteiger partial charge in [0.2, 0.25) is 0 Å². The molecule has 0 radical (unpaired) electrons. The van der Waals surface area contributed by atoms with Crippen LogP contribution in [-0.2, 0) is 12.8 Å². The van der Waals surface area contributed by atoms with Crippen molar-refractivity contribution in [3.8, 4) is 5.82 Å². The van der Waals surface area contributed by atoms with E-state index in [0.29, 0.717) is 17.4 Å². The van der Waals surface area contributed by atoms with Crippen LogP contribution >= 0.6 is 0 Å². The number of nitrogens with one attached hydrogen (secondary N) is 2. The first-order chi connectivity index (χ1) is 13.8. The first kappa shape index (κ1) is 17.1. The van der Waals surface area contributed by atoms with Crippen LogP contribution in [0.25, 0.3) is 5.82 Å². The fourth-order valence-electron chi connectivity index (χ4n) is 4.40. The van der Waals surface area contributed by atoms with Gasteiger partial charge in [0.1, 0.15) is 11.9 Å². The maximum absolute atomic E-state index is 12.8. The van der Waals surface area contributed by atoms with E-state index < -0.39 is 0 Å². The van der Waals surface area contributed by atoms with E-state index in [4.69, 9.17) is 0 Å². The second-order valence-electron chi connectivity index (χ2n) is 7.53. The van der Waals surface area contributed by atoms with E-state index in [1.165, 1.54) is 28.3 Å². The molecule has 0 spiro atoms. The van der Waals surface area contributed by atoms with Crippen LogP contribution in [0.15, 0.2) is 36.8 Å². The summed E-state index contributed by atoms with van der Waals surface area (Å²) in [6.45, 7) is 1.97. The molecule has 1 aliphatic carbocycles. The zero-order valence-electron chi connectivity index (χ0n) is 15.5. The maximum atomic E-state index is 12.8. The van der Waals surface area contributed by atoms with Crippen molar-refractivity contribution < 1.29 is 4.79 Å². The van der Waals surface area contributed by atoms with Gasteiger partial charge in [-0.2, -0.15) is 9.78 Å². The third-order valence-corrected chi connectivity index (χ3v) is 5.78. The van der Waals surface area contributed by atoms with E-state index >= 15 is 0 Å². The van der Waals surface area contributed by atoms with Gasteiger partial charge >= 0.3 is 0 Å². The van der Waals surface area contributed by atoms with Crippen LogP contribution in [0.2, 0.25) is 0 Å². The van der Waals surface area contributed by atoms with Crippen LogP contribution < -0.4 is 5.32 Å². The molecule has 9 heteroatoms. The number of aromatic amines is 1. The Balaban J connectivity index is 1.24. The number of hydrogen-bond donors (Lipinski definition) is 2. The Hall–Kier alpha value is -3.07. The lowest BCUT2D eigenvalue weighted by atomic mass is 10.0. The molecule has 1 saturated heterocycles. The SMILES string of the molecule is O=C(NC1CCCN(C2Cc3ccccc3C2)C1)c1cn[nH]c1-n1cnnn1. The molecule has 1 fully saturated rings. The minimum Gasteiger partial charge on any atom is -0.348 e. The highest BCUT2D eigenvalue weighted by Gasteiger charge is 2.31. The molecule has 2 N–H and O–H groups in total. The Morgan fingerprint density at radius 3 is 2.79 bits per heavy atom. The van der Waals surface area contributed by atoms with Crippen LogP contribution in [0, 0.1) is 0 Å². The number of nitrogens with zero attached hydrogens (tertiary/aromatic N) is 6. The number of carbonyl (C=O) groups is 1. The molecule has 3 aromatic rings. The summed E-state index contributed by atoms with van der Waals surface area (Å²) >= 11 is 0. The number of benzene rings is 1. The fraction of sp³-hybridized carbons (Fsp3) is 0.421. The van der Waals surface area contributed by atoms with Gasteiger partial charge in [0.15, 0.2) is 5.82 Å². The molecule has 1 unspecified atom stereocenters. The quantitative estimate of drug-likeness (QED) is 0.694. The molecule has 2 aromatic heterocycles. The molecule has 2 aliphatic rings. The molecule has 144 valence electrons. The Morgan fingerprint density at radius 2 is 2.04 bits per heavy atom. The Labute approximate surface area is 162 Å². The lowest BCUT2D eigenvalue weighted by Crippen LogP contribution is -2.51. The van der Waals surface area contributed by atoms with Gasteiger partial charge < -0.3 is 5.32 Å². The van der Waals surface area contributed by atoms with Gasteiger partial charge in [-0.15, -0.1) is 5.10 Å². The maximum Gasteiger partial charge on any atom is 0.257 e. The molecule has 1 aromatic carbocycles. The number of hydrogen-bond acceptors (Lipinski definition) is 6. The van der Waals surface area contributed by atoms with Crippen molar-refractivity contribution in [1.29, 1.82) is 0 Å². The number of rotatable bonds is 4. The predicted molar refractivity (Wildman–Crippen MR) is 101 cm³/mol. The molecular formula is C19H22N8O. The van der Waals surface area contributed by atoms with Crippen LogP contribution in [0.1, 0.15) is 34.3 Å². The molecule has 28 heavy (non-hydrogen) atoms. The third kappa shape index (κ3) is 3.18. The summed E-state index contributed by atoms with van der Waals surface area (Å²) in [6, 6.07) is 9.36. The molecule has 5 rings (SSSR count). The van der Waals surface area contributed by atoms with Gasteiger partial charge in [-0.3, -0.25) is 14.8 Å². The van der Waals surface area contributed by atoms with Crippen LogP contribution in [0.4, 0.5) is 0 Å². The van der Waals surface area contributed by atoms with Crippen molar-refractivity contribution in [2.24, 2.45) is 0 Å². The summed E-state index contributed by atoms with van der Waals surface area (Å²) in [7, 11) is 0. The van der Waals surface area contributed by atoms with E-state index in [0.717, 1.165) is 38.8 Å². The van der Waals surface area contributed by atoms with E-state index in [-0.39, 0.29) is 11.9 Å². The fourth-order valence-corrected chi connectivity index (χ4v) is 4.40. The van der Waals surface area contributed by atoms with Gasteiger partial charge in [-0.25, -0.2) is 0 Å². The summed E-state index contributed by atoms with van der Waals surface area (Å²) in [4.78, 5) is 15.4. The number of likely N-dealkylation sites (tertiary alicyclic amines) is 1. The summed E-state index contributed by atoms with van der Waals surface area (Å²) < 4.78 is 1.41. The largest absolute Gasteiger partial charge is 0.348 e. The van der Waals surface area contributed by atoms with E-state index in [1.54, 1.807) is 0 Å². The third-order valence-electron chi connectivity index (χ3n) is 5.78. The second-order valence-corrected chi connectivity index (χ2v) is 7.53. The van der Waals surface area contributed by atoms with Crippen molar-refractivity contribution >= 4 is 5.91 Å². The minimum atomic E-state index is -0.152. The van der Waals surface area contributed by atoms with Crippen molar-refractivity contribution in [2.75, 3.05) is 13.1 Å². The Morgan fingerprint density at radius 1 is 1.21 bits per heavy atom. The summed E-state index contributed by atoms with van der Waals surface area (Å²) in [5, 5.41) is 21.0. The molecule has 1 atom stereocenters. The number of aromatic nitrogens is 6. The van der Waals surface area contributed by atoms with Crippen LogP contribution in [0.5, 0.6) is 0 Å². The summed E-state index contributed by atoms with van der Waals surface area (Å²) in [5.41, 5.74) is 3.36. The lowest BCUT2D eigenvalue weighted by molar-refractivity contribution is 0.0876. The van der Waals surface area contributed by atoms with Crippen molar-refractivity contribution in [3.63, 3.8) is 0 Å². The normalized spacial score (nSPS) is 20.2. The number of amides is 1.